The first kappa shape index (κ1) is 10.3. The highest BCUT2D eigenvalue weighted by atomic mass is 16.5. The van der Waals surface area contributed by atoms with Gasteiger partial charge in [-0.3, -0.25) is 9.69 Å². The van der Waals surface area contributed by atoms with E-state index in [-0.39, 0.29) is 6.04 Å². The van der Waals surface area contributed by atoms with Crippen molar-refractivity contribution in [1.29, 1.82) is 0 Å². The summed E-state index contributed by atoms with van der Waals surface area (Å²) < 4.78 is 4.91. The summed E-state index contributed by atoms with van der Waals surface area (Å²) in [5.41, 5.74) is 0. The molecule has 1 unspecified atom stereocenters. The zero-order chi connectivity index (χ0) is 10.8. The molecule has 2 heterocycles. The van der Waals surface area contributed by atoms with E-state index in [0.29, 0.717) is 36.9 Å². The fourth-order valence-electron chi connectivity index (χ4n) is 1.87. The SMILES string of the molecule is Cc1nc(CN2CCC(=O)CC2C)no1. The molecule has 0 saturated carbocycles. The van der Waals surface area contributed by atoms with Gasteiger partial charge in [-0.1, -0.05) is 5.16 Å². The van der Waals surface area contributed by atoms with Crippen molar-refractivity contribution in [3.8, 4) is 0 Å². The fraction of sp³-hybridized carbons (Fsp3) is 0.700. The van der Waals surface area contributed by atoms with Crippen LogP contribution in [0.4, 0.5) is 0 Å². The van der Waals surface area contributed by atoms with Crippen LogP contribution in [-0.2, 0) is 11.3 Å². The van der Waals surface area contributed by atoms with E-state index in [4.69, 9.17) is 4.52 Å². The number of rotatable bonds is 2. The number of nitrogens with zero attached hydrogens (tertiary/aromatic N) is 3. The minimum Gasteiger partial charge on any atom is -0.340 e. The number of piperidine rings is 1. The molecule has 1 aliphatic heterocycles. The highest BCUT2D eigenvalue weighted by molar-refractivity contribution is 5.79. The minimum absolute atomic E-state index is 0.282. The van der Waals surface area contributed by atoms with Gasteiger partial charge in [0.25, 0.3) is 0 Å². The first-order valence-corrected chi connectivity index (χ1v) is 5.20. The van der Waals surface area contributed by atoms with Crippen molar-refractivity contribution < 1.29 is 9.32 Å². The van der Waals surface area contributed by atoms with E-state index in [2.05, 4.69) is 22.0 Å². The molecular formula is C10H15N3O2. The van der Waals surface area contributed by atoms with Gasteiger partial charge in [0, 0.05) is 32.4 Å². The molecule has 0 aromatic carbocycles. The van der Waals surface area contributed by atoms with Gasteiger partial charge in [0.05, 0.1) is 6.54 Å². The molecule has 5 heteroatoms. The summed E-state index contributed by atoms with van der Waals surface area (Å²) in [7, 11) is 0. The molecule has 1 fully saturated rings. The van der Waals surface area contributed by atoms with Gasteiger partial charge in [-0.15, -0.1) is 0 Å². The van der Waals surface area contributed by atoms with Gasteiger partial charge in [-0.25, -0.2) is 0 Å². The van der Waals surface area contributed by atoms with Crippen LogP contribution in [0.1, 0.15) is 31.5 Å². The number of aryl methyl sites for hydroxylation is 1. The zero-order valence-electron chi connectivity index (χ0n) is 9.06. The maximum absolute atomic E-state index is 11.2. The summed E-state index contributed by atoms with van der Waals surface area (Å²) >= 11 is 0. The topological polar surface area (TPSA) is 59.2 Å². The zero-order valence-corrected chi connectivity index (χ0v) is 9.06. The molecule has 5 nitrogen and oxygen atoms in total. The van der Waals surface area contributed by atoms with Crippen molar-refractivity contribution in [2.75, 3.05) is 6.54 Å². The summed E-state index contributed by atoms with van der Waals surface area (Å²) in [4.78, 5) is 17.6. The van der Waals surface area contributed by atoms with E-state index in [1.807, 2.05) is 0 Å². The molecule has 82 valence electrons. The molecule has 1 saturated heterocycles. The third kappa shape index (κ3) is 2.41. The molecule has 1 aromatic heterocycles. The monoisotopic (exact) mass is 209 g/mol. The summed E-state index contributed by atoms with van der Waals surface area (Å²) in [6.45, 7) is 5.31. The highest BCUT2D eigenvalue weighted by Crippen LogP contribution is 2.15. The Morgan fingerprint density at radius 2 is 2.40 bits per heavy atom. The van der Waals surface area contributed by atoms with Crippen molar-refractivity contribution in [3.05, 3.63) is 11.7 Å². The van der Waals surface area contributed by atoms with Crippen LogP contribution in [-0.4, -0.2) is 33.4 Å². The number of aromatic nitrogens is 2. The van der Waals surface area contributed by atoms with Gasteiger partial charge >= 0.3 is 0 Å². The van der Waals surface area contributed by atoms with Crippen LogP contribution in [0.2, 0.25) is 0 Å². The summed E-state index contributed by atoms with van der Waals surface area (Å²) in [5, 5.41) is 3.85. The van der Waals surface area contributed by atoms with Gasteiger partial charge in [0.15, 0.2) is 5.82 Å². The second-order valence-corrected chi connectivity index (χ2v) is 4.04. The lowest BCUT2D eigenvalue weighted by molar-refractivity contribution is -0.123. The smallest absolute Gasteiger partial charge is 0.223 e. The lowest BCUT2D eigenvalue weighted by Crippen LogP contribution is -2.40. The Morgan fingerprint density at radius 3 is 3.00 bits per heavy atom. The fourth-order valence-corrected chi connectivity index (χ4v) is 1.87. The van der Waals surface area contributed by atoms with Crippen LogP contribution in [0, 0.1) is 6.92 Å². The van der Waals surface area contributed by atoms with E-state index in [1.165, 1.54) is 0 Å². The van der Waals surface area contributed by atoms with Crippen LogP contribution < -0.4 is 0 Å². The molecule has 0 N–H and O–H groups in total. The van der Waals surface area contributed by atoms with Crippen LogP contribution in [0.25, 0.3) is 0 Å². The summed E-state index contributed by atoms with van der Waals surface area (Å²) in [6.07, 6.45) is 1.28. The Hall–Kier alpha value is -1.23. The van der Waals surface area contributed by atoms with Crippen LogP contribution >= 0.6 is 0 Å². The molecule has 15 heavy (non-hydrogen) atoms. The molecule has 1 aliphatic rings. The predicted molar refractivity (Wildman–Crippen MR) is 53.1 cm³/mol. The Balaban J connectivity index is 1.97. The molecule has 1 aromatic rings. The van der Waals surface area contributed by atoms with Crippen LogP contribution in [0.5, 0.6) is 0 Å². The lowest BCUT2D eigenvalue weighted by Gasteiger charge is -2.31. The number of hydrogen-bond acceptors (Lipinski definition) is 5. The van der Waals surface area contributed by atoms with E-state index >= 15 is 0 Å². The lowest BCUT2D eigenvalue weighted by atomic mass is 10.0. The average Bonchev–Trinajstić information content (AvgIpc) is 2.56. The largest absolute Gasteiger partial charge is 0.340 e. The number of carbonyl (C=O) groups is 1. The second-order valence-electron chi connectivity index (χ2n) is 4.04. The van der Waals surface area contributed by atoms with Crippen molar-refractivity contribution in [3.63, 3.8) is 0 Å². The van der Waals surface area contributed by atoms with Crippen LogP contribution in [0.15, 0.2) is 4.52 Å². The van der Waals surface area contributed by atoms with E-state index in [1.54, 1.807) is 6.92 Å². The predicted octanol–water partition coefficient (Wildman–Crippen LogP) is 0.931. The van der Waals surface area contributed by atoms with Crippen molar-refractivity contribution >= 4 is 5.78 Å². The molecule has 0 aliphatic carbocycles. The maximum atomic E-state index is 11.2. The quantitative estimate of drug-likeness (QED) is 0.725. The Kier molecular flexibility index (Phi) is 2.81. The van der Waals surface area contributed by atoms with Gasteiger partial charge in [-0.05, 0) is 6.92 Å². The Labute approximate surface area is 88.5 Å². The van der Waals surface area contributed by atoms with E-state index < -0.39 is 0 Å². The standard InChI is InChI=1S/C10H15N3O2/c1-7-5-9(14)3-4-13(7)6-10-11-8(2)15-12-10/h7H,3-6H2,1-2H3. The summed E-state index contributed by atoms with van der Waals surface area (Å²) in [6, 6.07) is 0.282. The molecule has 1 atom stereocenters. The van der Waals surface area contributed by atoms with Crippen molar-refractivity contribution in [2.24, 2.45) is 0 Å². The molecule has 0 bridgehead atoms. The van der Waals surface area contributed by atoms with Gasteiger partial charge < -0.3 is 4.52 Å². The number of carbonyl (C=O) groups excluding carboxylic acids is 1. The highest BCUT2D eigenvalue weighted by Gasteiger charge is 2.24. The van der Waals surface area contributed by atoms with Gasteiger partial charge in [0.1, 0.15) is 5.78 Å². The van der Waals surface area contributed by atoms with Crippen molar-refractivity contribution in [1.82, 2.24) is 15.0 Å². The summed E-state index contributed by atoms with van der Waals surface area (Å²) in [5.74, 6) is 1.64. The maximum Gasteiger partial charge on any atom is 0.223 e. The van der Waals surface area contributed by atoms with Gasteiger partial charge in [-0.2, -0.15) is 4.98 Å². The second kappa shape index (κ2) is 4.10. The molecule has 0 radical (unpaired) electrons. The van der Waals surface area contributed by atoms with E-state index in [9.17, 15) is 4.79 Å². The molecular weight excluding hydrogens is 194 g/mol. The first-order chi connectivity index (χ1) is 7.15. The Morgan fingerprint density at radius 1 is 1.60 bits per heavy atom. The van der Waals surface area contributed by atoms with E-state index in [0.717, 1.165) is 6.54 Å². The molecule has 0 spiro atoms. The molecule has 2 rings (SSSR count). The number of likely N-dealkylation sites (tertiary alicyclic amines) is 1. The number of Topliss-reactive ketones (excluding diaryl/α,β-unsaturated/α-hetero) is 1. The molecule has 0 amide bonds. The third-order valence-corrected chi connectivity index (χ3v) is 2.74. The van der Waals surface area contributed by atoms with Crippen LogP contribution in [0.3, 0.4) is 0 Å². The Bertz CT molecular complexity index is 361. The first-order valence-electron chi connectivity index (χ1n) is 5.20. The van der Waals surface area contributed by atoms with Crippen molar-refractivity contribution in [2.45, 2.75) is 39.3 Å². The third-order valence-electron chi connectivity index (χ3n) is 2.74. The average molecular weight is 209 g/mol. The normalized spacial score (nSPS) is 23.3. The van der Waals surface area contributed by atoms with Gasteiger partial charge in [0.2, 0.25) is 5.89 Å². The minimum atomic E-state index is 0.282. The number of ketones is 1. The number of hydrogen-bond donors (Lipinski definition) is 0.